The Balaban J connectivity index is 1.72. The van der Waals surface area contributed by atoms with Crippen molar-refractivity contribution in [2.75, 3.05) is 45.8 Å². The maximum Gasteiger partial charge on any atom is 0.320 e. The number of carbonyl (C=O) groups excluding carboxylic acids is 1. The zero-order valence-corrected chi connectivity index (χ0v) is 10.7. The number of hydrogen-bond acceptors (Lipinski definition) is 3. The van der Waals surface area contributed by atoms with Gasteiger partial charge in [0.05, 0.1) is 6.42 Å². The lowest BCUT2D eigenvalue weighted by Gasteiger charge is -2.36. The fraction of sp³-hybridized carbons (Fsp3) is 0.833. The number of piperazine rings is 1. The SMILES string of the molecule is O=C(O)CCN1CCN(C(=O)N2CCCC2)CC1. The number of aliphatic carboxylic acids is 1. The lowest BCUT2D eigenvalue weighted by Crippen LogP contribution is -2.52. The van der Waals surface area contributed by atoms with E-state index in [-0.39, 0.29) is 12.5 Å². The number of urea groups is 1. The molecule has 102 valence electrons. The highest BCUT2D eigenvalue weighted by atomic mass is 16.4. The highest BCUT2D eigenvalue weighted by molar-refractivity contribution is 5.74. The van der Waals surface area contributed by atoms with Crippen LogP contribution in [0.1, 0.15) is 19.3 Å². The van der Waals surface area contributed by atoms with Crippen molar-refractivity contribution in [1.82, 2.24) is 14.7 Å². The highest BCUT2D eigenvalue weighted by Gasteiger charge is 2.26. The van der Waals surface area contributed by atoms with Gasteiger partial charge in [0.1, 0.15) is 0 Å². The molecule has 2 amide bonds. The van der Waals surface area contributed by atoms with E-state index in [0.717, 1.165) is 52.1 Å². The summed E-state index contributed by atoms with van der Waals surface area (Å²) in [6.07, 6.45) is 2.41. The van der Waals surface area contributed by atoms with E-state index in [9.17, 15) is 9.59 Å². The maximum atomic E-state index is 12.1. The molecular weight excluding hydrogens is 234 g/mol. The smallest absolute Gasteiger partial charge is 0.320 e. The average Bonchev–Trinajstić information content (AvgIpc) is 2.90. The van der Waals surface area contributed by atoms with Gasteiger partial charge in [0.15, 0.2) is 0 Å². The summed E-state index contributed by atoms with van der Waals surface area (Å²) in [7, 11) is 0. The Morgan fingerprint density at radius 1 is 0.889 bits per heavy atom. The Morgan fingerprint density at radius 2 is 1.44 bits per heavy atom. The van der Waals surface area contributed by atoms with Gasteiger partial charge in [-0.1, -0.05) is 0 Å². The molecule has 2 fully saturated rings. The molecular formula is C12H21N3O3. The Labute approximate surface area is 107 Å². The first-order valence-electron chi connectivity index (χ1n) is 6.65. The maximum absolute atomic E-state index is 12.1. The molecule has 0 spiro atoms. The molecule has 2 saturated heterocycles. The van der Waals surface area contributed by atoms with Crippen LogP contribution in [0.2, 0.25) is 0 Å². The van der Waals surface area contributed by atoms with Gasteiger partial charge in [0, 0.05) is 45.8 Å². The normalized spacial score (nSPS) is 21.3. The van der Waals surface area contributed by atoms with Gasteiger partial charge >= 0.3 is 12.0 Å². The van der Waals surface area contributed by atoms with Crippen LogP contribution in [0.5, 0.6) is 0 Å². The lowest BCUT2D eigenvalue weighted by atomic mass is 10.3. The van der Waals surface area contributed by atoms with E-state index >= 15 is 0 Å². The monoisotopic (exact) mass is 255 g/mol. The number of amides is 2. The van der Waals surface area contributed by atoms with Crippen molar-refractivity contribution in [2.24, 2.45) is 0 Å². The first-order chi connectivity index (χ1) is 8.66. The second-order valence-corrected chi connectivity index (χ2v) is 4.95. The van der Waals surface area contributed by atoms with Crippen molar-refractivity contribution in [2.45, 2.75) is 19.3 Å². The van der Waals surface area contributed by atoms with Gasteiger partial charge in [0.25, 0.3) is 0 Å². The van der Waals surface area contributed by atoms with Crippen molar-refractivity contribution in [3.63, 3.8) is 0 Å². The first kappa shape index (κ1) is 13.1. The van der Waals surface area contributed by atoms with Crippen molar-refractivity contribution in [3.8, 4) is 0 Å². The lowest BCUT2D eigenvalue weighted by molar-refractivity contribution is -0.137. The summed E-state index contributed by atoms with van der Waals surface area (Å²) in [5.74, 6) is -0.759. The van der Waals surface area contributed by atoms with Gasteiger partial charge in [-0.25, -0.2) is 4.79 Å². The highest BCUT2D eigenvalue weighted by Crippen LogP contribution is 2.12. The number of likely N-dealkylation sites (tertiary alicyclic amines) is 1. The third kappa shape index (κ3) is 3.35. The van der Waals surface area contributed by atoms with Crippen LogP contribution in [-0.2, 0) is 4.79 Å². The second kappa shape index (κ2) is 6.04. The summed E-state index contributed by atoms with van der Waals surface area (Å²) >= 11 is 0. The van der Waals surface area contributed by atoms with Gasteiger partial charge in [-0.3, -0.25) is 9.69 Å². The van der Waals surface area contributed by atoms with E-state index < -0.39 is 5.97 Å². The molecule has 0 bridgehead atoms. The Morgan fingerprint density at radius 3 is 2.00 bits per heavy atom. The van der Waals surface area contributed by atoms with Gasteiger partial charge in [0.2, 0.25) is 0 Å². The van der Waals surface area contributed by atoms with E-state index in [4.69, 9.17) is 5.11 Å². The van der Waals surface area contributed by atoms with Crippen LogP contribution >= 0.6 is 0 Å². The summed E-state index contributed by atoms with van der Waals surface area (Å²) in [6.45, 7) is 5.36. The predicted octanol–water partition coefficient (Wildman–Crippen LogP) is 0.294. The molecule has 0 aromatic heterocycles. The zero-order chi connectivity index (χ0) is 13.0. The number of carboxylic acid groups (broad SMARTS) is 1. The first-order valence-corrected chi connectivity index (χ1v) is 6.65. The van der Waals surface area contributed by atoms with E-state index in [2.05, 4.69) is 4.90 Å². The summed E-state index contributed by atoms with van der Waals surface area (Å²) in [6, 6.07) is 0.158. The molecule has 2 aliphatic rings. The second-order valence-electron chi connectivity index (χ2n) is 4.95. The molecule has 2 heterocycles. The van der Waals surface area contributed by atoms with E-state index in [1.807, 2.05) is 9.80 Å². The summed E-state index contributed by atoms with van der Waals surface area (Å²) in [5, 5.41) is 8.63. The molecule has 0 atom stereocenters. The van der Waals surface area contributed by atoms with E-state index in [0.29, 0.717) is 6.54 Å². The number of carboxylic acids is 1. The molecule has 0 aromatic carbocycles. The standard InChI is InChI=1S/C12H21N3O3/c16-11(17)3-6-13-7-9-15(10-8-13)12(18)14-4-1-2-5-14/h1-10H2,(H,16,17). The van der Waals surface area contributed by atoms with Crippen LogP contribution in [0.15, 0.2) is 0 Å². The molecule has 6 heteroatoms. The number of hydrogen-bond donors (Lipinski definition) is 1. The fourth-order valence-corrected chi connectivity index (χ4v) is 2.52. The predicted molar refractivity (Wildman–Crippen MR) is 66.5 cm³/mol. The van der Waals surface area contributed by atoms with Gasteiger partial charge in [-0.05, 0) is 12.8 Å². The topological polar surface area (TPSA) is 64.1 Å². The van der Waals surface area contributed by atoms with Crippen molar-refractivity contribution in [1.29, 1.82) is 0 Å². The van der Waals surface area contributed by atoms with E-state index in [1.54, 1.807) is 0 Å². The minimum atomic E-state index is -0.759. The number of rotatable bonds is 3. The fourth-order valence-electron chi connectivity index (χ4n) is 2.52. The minimum absolute atomic E-state index is 0.158. The third-order valence-electron chi connectivity index (χ3n) is 3.66. The summed E-state index contributed by atoms with van der Waals surface area (Å²) in [5.41, 5.74) is 0. The molecule has 0 aliphatic carbocycles. The van der Waals surface area contributed by atoms with Crippen LogP contribution in [-0.4, -0.2) is 77.6 Å². The van der Waals surface area contributed by atoms with Crippen LogP contribution in [0.25, 0.3) is 0 Å². The van der Waals surface area contributed by atoms with Crippen LogP contribution in [0.4, 0.5) is 4.79 Å². The van der Waals surface area contributed by atoms with Crippen molar-refractivity contribution < 1.29 is 14.7 Å². The molecule has 18 heavy (non-hydrogen) atoms. The summed E-state index contributed by atoms with van der Waals surface area (Å²) in [4.78, 5) is 28.5. The number of carbonyl (C=O) groups is 2. The van der Waals surface area contributed by atoms with Crippen LogP contribution in [0, 0.1) is 0 Å². The molecule has 2 rings (SSSR count). The Kier molecular flexibility index (Phi) is 4.41. The Bertz CT molecular complexity index is 308. The molecule has 0 saturated carbocycles. The number of nitrogens with zero attached hydrogens (tertiary/aromatic N) is 3. The summed E-state index contributed by atoms with van der Waals surface area (Å²) < 4.78 is 0. The molecule has 0 aromatic rings. The molecule has 0 unspecified atom stereocenters. The van der Waals surface area contributed by atoms with Gasteiger partial charge in [-0.2, -0.15) is 0 Å². The van der Waals surface area contributed by atoms with Crippen LogP contribution < -0.4 is 0 Å². The quantitative estimate of drug-likeness (QED) is 0.787. The van der Waals surface area contributed by atoms with Crippen LogP contribution in [0.3, 0.4) is 0 Å². The molecule has 1 N–H and O–H groups in total. The third-order valence-corrected chi connectivity index (χ3v) is 3.66. The van der Waals surface area contributed by atoms with Gasteiger partial charge in [-0.15, -0.1) is 0 Å². The Hall–Kier alpha value is -1.30. The van der Waals surface area contributed by atoms with Crippen molar-refractivity contribution >= 4 is 12.0 Å². The molecule has 6 nitrogen and oxygen atoms in total. The molecule has 2 aliphatic heterocycles. The van der Waals surface area contributed by atoms with E-state index in [1.165, 1.54) is 0 Å². The largest absolute Gasteiger partial charge is 0.481 e. The van der Waals surface area contributed by atoms with Gasteiger partial charge < -0.3 is 14.9 Å². The zero-order valence-electron chi connectivity index (χ0n) is 10.7. The minimum Gasteiger partial charge on any atom is -0.481 e. The van der Waals surface area contributed by atoms with Crippen molar-refractivity contribution in [3.05, 3.63) is 0 Å². The molecule has 0 radical (unpaired) electrons. The average molecular weight is 255 g/mol.